The molecule has 2 aromatic carbocycles. The second-order valence-corrected chi connectivity index (χ2v) is 8.64. The van der Waals surface area contributed by atoms with Crippen molar-refractivity contribution < 1.29 is 13.2 Å². The second-order valence-electron chi connectivity index (χ2n) is 6.70. The molecule has 1 N–H and O–H groups in total. The highest BCUT2D eigenvalue weighted by atomic mass is 32.2. The van der Waals surface area contributed by atoms with Crippen LogP contribution in [0.5, 0.6) is 0 Å². The third-order valence-electron chi connectivity index (χ3n) is 4.68. The zero-order valence-electron chi connectivity index (χ0n) is 14.9. The smallest absolute Gasteiger partial charge is 0.243 e. The van der Waals surface area contributed by atoms with Gasteiger partial charge in [0.2, 0.25) is 15.9 Å². The minimum atomic E-state index is -3.48. The van der Waals surface area contributed by atoms with Crippen LogP contribution in [0.25, 0.3) is 0 Å². The first-order valence-corrected chi connectivity index (χ1v) is 10.4. The van der Waals surface area contributed by atoms with Crippen LogP contribution < -0.4 is 5.32 Å². The van der Waals surface area contributed by atoms with Crippen molar-refractivity contribution in [3.63, 3.8) is 0 Å². The molecular weight excluding hydrogens is 348 g/mol. The molecule has 0 aromatic heterocycles. The zero-order chi connectivity index (χ0) is 18.6. The number of nitrogens with zero attached hydrogens (tertiary/aromatic N) is 1. The fraction of sp³-hybridized carbons (Fsp3) is 0.350. The van der Waals surface area contributed by atoms with Gasteiger partial charge in [0.25, 0.3) is 0 Å². The van der Waals surface area contributed by atoms with Gasteiger partial charge < -0.3 is 5.32 Å². The van der Waals surface area contributed by atoms with Crippen LogP contribution in [0.2, 0.25) is 0 Å². The highest BCUT2D eigenvalue weighted by Gasteiger charge is 2.27. The van der Waals surface area contributed by atoms with Gasteiger partial charge in [0.1, 0.15) is 0 Å². The molecule has 1 amide bonds. The van der Waals surface area contributed by atoms with Gasteiger partial charge in [-0.15, -0.1) is 0 Å². The second kappa shape index (κ2) is 8.01. The van der Waals surface area contributed by atoms with Gasteiger partial charge in [-0.1, -0.05) is 43.3 Å². The molecule has 0 radical (unpaired) electrons. The van der Waals surface area contributed by atoms with Crippen LogP contribution in [0.15, 0.2) is 59.5 Å². The maximum Gasteiger partial charge on any atom is 0.243 e. The molecule has 2 aromatic rings. The van der Waals surface area contributed by atoms with Gasteiger partial charge in [0.15, 0.2) is 0 Å². The van der Waals surface area contributed by atoms with Crippen LogP contribution in [-0.4, -0.2) is 31.7 Å². The maximum atomic E-state index is 12.6. The van der Waals surface area contributed by atoms with Gasteiger partial charge >= 0.3 is 0 Å². The first-order chi connectivity index (χ1) is 12.5. The number of amides is 1. The standard InChI is InChI=1S/C20H24N2O3S/c1-16(17-8-3-2-4-9-17)14-20(23)21-18-10-7-11-19(15-18)26(24,25)22-12-5-6-13-22/h2-4,7-11,15-16H,5-6,12-14H2,1H3,(H,21,23)/t16-/m1/s1. The van der Waals surface area contributed by atoms with E-state index in [1.807, 2.05) is 37.3 Å². The molecule has 0 unspecified atom stereocenters. The van der Waals surface area contributed by atoms with Gasteiger partial charge in [0.05, 0.1) is 4.90 Å². The van der Waals surface area contributed by atoms with E-state index < -0.39 is 10.0 Å². The molecule has 1 aliphatic rings. The summed E-state index contributed by atoms with van der Waals surface area (Å²) in [6.07, 6.45) is 2.13. The van der Waals surface area contributed by atoms with Crippen LogP contribution in [-0.2, 0) is 14.8 Å². The predicted molar refractivity (Wildman–Crippen MR) is 103 cm³/mol. The Bertz CT molecular complexity index is 860. The number of carbonyl (C=O) groups is 1. The van der Waals surface area contributed by atoms with Gasteiger partial charge in [-0.05, 0) is 42.5 Å². The summed E-state index contributed by atoms with van der Waals surface area (Å²) < 4.78 is 26.8. The molecule has 3 rings (SSSR count). The Morgan fingerprint density at radius 3 is 2.46 bits per heavy atom. The van der Waals surface area contributed by atoms with Crippen molar-refractivity contribution in [2.24, 2.45) is 0 Å². The van der Waals surface area contributed by atoms with Gasteiger partial charge in [-0.2, -0.15) is 4.31 Å². The number of hydrogen-bond donors (Lipinski definition) is 1. The quantitative estimate of drug-likeness (QED) is 0.842. The SMILES string of the molecule is C[C@H](CC(=O)Nc1cccc(S(=O)(=O)N2CCCC2)c1)c1ccccc1. The van der Waals surface area contributed by atoms with Crippen molar-refractivity contribution in [3.05, 3.63) is 60.2 Å². The lowest BCUT2D eigenvalue weighted by Gasteiger charge is -2.16. The highest BCUT2D eigenvalue weighted by molar-refractivity contribution is 7.89. The van der Waals surface area contributed by atoms with E-state index >= 15 is 0 Å². The number of carbonyl (C=O) groups excluding carboxylic acids is 1. The van der Waals surface area contributed by atoms with E-state index in [4.69, 9.17) is 0 Å². The van der Waals surface area contributed by atoms with Crippen molar-refractivity contribution >= 4 is 21.6 Å². The zero-order valence-corrected chi connectivity index (χ0v) is 15.7. The van der Waals surface area contributed by atoms with E-state index in [-0.39, 0.29) is 16.7 Å². The number of nitrogens with one attached hydrogen (secondary N) is 1. The lowest BCUT2D eigenvalue weighted by atomic mass is 9.97. The highest BCUT2D eigenvalue weighted by Crippen LogP contribution is 2.24. The van der Waals surface area contributed by atoms with E-state index in [0.29, 0.717) is 25.2 Å². The number of anilines is 1. The van der Waals surface area contributed by atoms with Crippen LogP contribution in [0.4, 0.5) is 5.69 Å². The maximum absolute atomic E-state index is 12.6. The third-order valence-corrected chi connectivity index (χ3v) is 6.58. The average Bonchev–Trinajstić information content (AvgIpc) is 3.18. The summed E-state index contributed by atoms with van der Waals surface area (Å²) >= 11 is 0. The summed E-state index contributed by atoms with van der Waals surface area (Å²) in [5.41, 5.74) is 1.61. The first kappa shape index (κ1) is 18.6. The molecule has 1 fully saturated rings. The summed E-state index contributed by atoms with van der Waals surface area (Å²) in [7, 11) is -3.48. The first-order valence-electron chi connectivity index (χ1n) is 8.92. The van der Waals surface area contributed by atoms with Crippen molar-refractivity contribution in [1.82, 2.24) is 4.31 Å². The fourth-order valence-electron chi connectivity index (χ4n) is 3.20. The number of benzene rings is 2. The Morgan fingerprint density at radius 1 is 1.08 bits per heavy atom. The monoisotopic (exact) mass is 372 g/mol. The minimum absolute atomic E-state index is 0.0905. The van der Waals surface area contributed by atoms with Crippen LogP contribution in [0, 0.1) is 0 Å². The molecule has 1 heterocycles. The van der Waals surface area contributed by atoms with Gasteiger partial charge in [0, 0.05) is 25.2 Å². The van der Waals surface area contributed by atoms with E-state index in [9.17, 15) is 13.2 Å². The molecule has 5 nitrogen and oxygen atoms in total. The number of hydrogen-bond acceptors (Lipinski definition) is 3. The largest absolute Gasteiger partial charge is 0.326 e. The Balaban J connectivity index is 1.67. The molecule has 0 spiro atoms. The van der Waals surface area contributed by atoms with Crippen molar-refractivity contribution in [3.8, 4) is 0 Å². The van der Waals surface area contributed by atoms with Crippen molar-refractivity contribution in [2.75, 3.05) is 18.4 Å². The molecule has 138 valence electrons. The summed E-state index contributed by atoms with van der Waals surface area (Å²) in [4.78, 5) is 12.6. The molecule has 1 saturated heterocycles. The fourth-order valence-corrected chi connectivity index (χ4v) is 4.76. The van der Waals surface area contributed by atoms with Crippen LogP contribution in [0.3, 0.4) is 0 Å². The lowest BCUT2D eigenvalue weighted by Crippen LogP contribution is -2.28. The van der Waals surface area contributed by atoms with Crippen LogP contribution in [0.1, 0.15) is 37.7 Å². The van der Waals surface area contributed by atoms with E-state index in [0.717, 1.165) is 18.4 Å². The van der Waals surface area contributed by atoms with Crippen molar-refractivity contribution in [1.29, 1.82) is 0 Å². The summed E-state index contributed by atoms with van der Waals surface area (Å²) in [6.45, 7) is 3.13. The summed E-state index contributed by atoms with van der Waals surface area (Å²) in [6, 6.07) is 16.4. The summed E-state index contributed by atoms with van der Waals surface area (Å²) in [5, 5.41) is 2.82. The summed E-state index contributed by atoms with van der Waals surface area (Å²) in [5.74, 6) is -0.0372. The van der Waals surface area contributed by atoms with E-state index in [2.05, 4.69) is 5.32 Å². The Kier molecular flexibility index (Phi) is 5.74. The van der Waals surface area contributed by atoms with Crippen molar-refractivity contribution in [2.45, 2.75) is 37.0 Å². The minimum Gasteiger partial charge on any atom is -0.326 e. The lowest BCUT2D eigenvalue weighted by molar-refractivity contribution is -0.116. The topological polar surface area (TPSA) is 66.5 Å². The number of rotatable bonds is 6. The molecule has 6 heteroatoms. The van der Waals surface area contributed by atoms with Crippen LogP contribution >= 0.6 is 0 Å². The average molecular weight is 372 g/mol. The Labute approximate surface area is 155 Å². The predicted octanol–water partition coefficient (Wildman–Crippen LogP) is 3.60. The third kappa shape index (κ3) is 4.31. The number of sulfonamides is 1. The molecular formula is C20H24N2O3S. The Hall–Kier alpha value is -2.18. The molecule has 0 aliphatic carbocycles. The van der Waals surface area contributed by atoms with E-state index in [1.54, 1.807) is 24.3 Å². The van der Waals surface area contributed by atoms with Gasteiger partial charge in [-0.25, -0.2) is 8.42 Å². The van der Waals surface area contributed by atoms with Gasteiger partial charge in [-0.3, -0.25) is 4.79 Å². The Morgan fingerprint density at radius 2 is 1.77 bits per heavy atom. The normalized spacial score (nSPS) is 16.3. The molecule has 1 aliphatic heterocycles. The molecule has 0 saturated carbocycles. The molecule has 26 heavy (non-hydrogen) atoms. The molecule has 0 bridgehead atoms. The molecule has 1 atom stereocenters. The van der Waals surface area contributed by atoms with E-state index in [1.165, 1.54) is 4.31 Å².